The molecule has 0 bridgehead atoms. The molecule has 0 radical (unpaired) electrons. The molecule has 1 N–H and O–H groups in total. The summed E-state index contributed by atoms with van der Waals surface area (Å²) in [6.07, 6.45) is 2.86. The van der Waals surface area contributed by atoms with E-state index in [1.165, 1.54) is 6.07 Å². The van der Waals surface area contributed by atoms with E-state index in [-0.39, 0.29) is 11.7 Å². The summed E-state index contributed by atoms with van der Waals surface area (Å²) in [4.78, 5) is 27.0. The fourth-order valence-corrected chi connectivity index (χ4v) is 3.22. The standard InChI is InChI=1S/C17H26N4O3/c1-4-14-7-8-15(10-16(14)21(23)24)18-17(22)20(3)12-13-6-5-9-19(2)11-13/h7-8,10,13H,4-6,9,11-12H2,1-3H3,(H,18,22)/t13-/m1/s1. The van der Waals surface area contributed by atoms with Crippen molar-refractivity contribution in [1.82, 2.24) is 9.80 Å². The number of carbonyl (C=O) groups excluding carboxylic acids is 1. The number of nitrogens with one attached hydrogen (secondary N) is 1. The highest BCUT2D eigenvalue weighted by molar-refractivity contribution is 5.89. The molecule has 2 rings (SSSR count). The smallest absolute Gasteiger partial charge is 0.321 e. The Kier molecular flexibility index (Phi) is 6.14. The highest BCUT2D eigenvalue weighted by Gasteiger charge is 2.21. The van der Waals surface area contributed by atoms with E-state index in [1.54, 1.807) is 24.1 Å². The quantitative estimate of drug-likeness (QED) is 0.663. The van der Waals surface area contributed by atoms with E-state index in [0.717, 1.165) is 25.9 Å². The number of carbonyl (C=O) groups is 1. The van der Waals surface area contributed by atoms with Crippen molar-refractivity contribution in [2.24, 2.45) is 5.92 Å². The fourth-order valence-electron chi connectivity index (χ4n) is 3.22. The topological polar surface area (TPSA) is 78.7 Å². The summed E-state index contributed by atoms with van der Waals surface area (Å²) in [5.41, 5.74) is 1.17. The molecule has 7 nitrogen and oxygen atoms in total. The van der Waals surface area contributed by atoms with Crippen LogP contribution < -0.4 is 5.32 Å². The van der Waals surface area contributed by atoms with Gasteiger partial charge in [-0.2, -0.15) is 0 Å². The molecule has 1 aromatic carbocycles. The van der Waals surface area contributed by atoms with E-state index in [2.05, 4.69) is 17.3 Å². The molecule has 1 heterocycles. The highest BCUT2D eigenvalue weighted by Crippen LogP contribution is 2.24. The summed E-state index contributed by atoms with van der Waals surface area (Å²) < 4.78 is 0. The van der Waals surface area contributed by atoms with Crippen molar-refractivity contribution < 1.29 is 9.72 Å². The largest absolute Gasteiger partial charge is 0.327 e. The molecular formula is C17H26N4O3. The van der Waals surface area contributed by atoms with Gasteiger partial charge in [-0.15, -0.1) is 0 Å². The number of nitro benzene ring substituents is 1. The van der Waals surface area contributed by atoms with Gasteiger partial charge in [0.1, 0.15) is 0 Å². The van der Waals surface area contributed by atoms with Gasteiger partial charge in [-0.1, -0.05) is 13.0 Å². The average Bonchev–Trinajstić information content (AvgIpc) is 2.54. The molecule has 132 valence electrons. The van der Waals surface area contributed by atoms with Gasteiger partial charge in [0, 0.05) is 37.5 Å². The third-order valence-corrected chi connectivity index (χ3v) is 4.52. The summed E-state index contributed by atoms with van der Waals surface area (Å²) in [5, 5.41) is 13.9. The van der Waals surface area contributed by atoms with Crippen LogP contribution in [0.1, 0.15) is 25.3 Å². The third kappa shape index (κ3) is 4.67. The first kappa shape index (κ1) is 18.2. The van der Waals surface area contributed by atoms with Crippen LogP contribution in [0.5, 0.6) is 0 Å². The molecule has 0 aromatic heterocycles. The molecule has 0 aliphatic carbocycles. The predicted octanol–water partition coefficient (Wildman–Crippen LogP) is 2.96. The average molecular weight is 334 g/mol. The molecule has 0 unspecified atom stereocenters. The Bertz CT molecular complexity index is 605. The number of anilines is 1. The van der Waals surface area contributed by atoms with Crippen LogP contribution in [0, 0.1) is 16.0 Å². The molecule has 24 heavy (non-hydrogen) atoms. The Morgan fingerprint density at radius 3 is 2.88 bits per heavy atom. The lowest BCUT2D eigenvalue weighted by Gasteiger charge is -2.32. The van der Waals surface area contributed by atoms with Crippen LogP contribution in [-0.4, -0.2) is 54.5 Å². The zero-order valence-electron chi connectivity index (χ0n) is 14.6. The number of hydrogen-bond donors (Lipinski definition) is 1. The number of amides is 2. The van der Waals surface area contributed by atoms with Crippen LogP contribution in [0.3, 0.4) is 0 Å². The molecule has 1 aromatic rings. The summed E-state index contributed by atoms with van der Waals surface area (Å²) in [6, 6.07) is 4.61. The lowest BCUT2D eigenvalue weighted by atomic mass is 9.98. The van der Waals surface area contributed by atoms with Crippen molar-refractivity contribution in [2.45, 2.75) is 26.2 Å². The lowest BCUT2D eigenvalue weighted by molar-refractivity contribution is -0.385. The Hall–Kier alpha value is -2.15. The highest BCUT2D eigenvalue weighted by atomic mass is 16.6. The maximum absolute atomic E-state index is 12.3. The van der Waals surface area contributed by atoms with Gasteiger partial charge in [-0.05, 0) is 44.8 Å². The predicted molar refractivity (Wildman–Crippen MR) is 94.3 cm³/mol. The van der Waals surface area contributed by atoms with E-state index >= 15 is 0 Å². The molecule has 1 aliphatic rings. The van der Waals surface area contributed by atoms with Gasteiger partial charge in [0.25, 0.3) is 5.69 Å². The minimum absolute atomic E-state index is 0.0480. The van der Waals surface area contributed by atoms with Crippen LogP contribution in [0.15, 0.2) is 18.2 Å². The van der Waals surface area contributed by atoms with E-state index in [9.17, 15) is 14.9 Å². The number of likely N-dealkylation sites (tertiary alicyclic amines) is 1. The number of urea groups is 1. The molecule has 1 fully saturated rings. The summed E-state index contributed by atoms with van der Waals surface area (Å²) in [5.74, 6) is 0.469. The number of aryl methyl sites for hydroxylation is 1. The summed E-state index contributed by atoms with van der Waals surface area (Å²) >= 11 is 0. The zero-order chi connectivity index (χ0) is 17.7. The first-order chi connectivity index (χ1) is 11.4. The second kappa shape index (κ2) is 8.10. The lowest BCUT2D eigenvalue weighted by Crippen LogP contribution is -2.41. The SMILES string of the molecule is CCc1ccc(NC(=O)N(C)C[C@@H]2CCCN(C)C2)cc1[N+](=O)[O-]. The number of nitro groups is 1. The fraction of sp³-hybridized carbons (Fsp3) is 0.588. The Balaban J connectivity index is 1.98. The first-order valence-corrected chi connectivity index (χ1v) is 8.38. The second-order valence-corrected chi connectivity index (χ2v) is 6.54. The third-order valence-electron chi connectivity index (χ3n) is 4.52. The molecule has 1 saturated heterocycles. The number of nitrogens with zero attached hydrogens (tertiary/aromatic N) is 3. The van der Waals surface area contributed by atoms with Crippen molar-refractivity contribution in [3.05, 3.63) is 33.9 Å². The monoisotopic (exact) mass is 334 g/mol. The minimum Gasteiger partial charge on any atom is -0.327 e. The van der Waals surface area contributed by atoms with Gasteiger partial charge in [-0.3, -0.25) is 10.1 Å². The van der Waals surface area contributed by atoms with Crippen LogP contribution in [0.4, 0.5) is 16.2 Å². The van der Waals surface area contributed by atoms with Crippen molar-refractivity contribution >= 4 is 17.4 Å². The van der Waals surface area contributed by atoms with E-state index in [4.69, 9.17) is 0 Å². The van der Waals surface area contributed by atoms with E-state index in [1.807, 2.05) is 6.92 Å². The number of piperidine rings is 1. The van der Waals surface area contributed by atoms with Crippen molar-refractivity contribution in [1.29, 1.82) is 0 Å². The van der Waals surface area contributed by atoms with Gasteiger partial charge in [-0.25, -0.2) is 4.79 Å². The Morgan fingerprint density at radius 2 is 2.25 bits per heavy atom. The van der Waals surface area contributed by atoms with Crippen molar-refractivity contribution in [3.63, 3.8) is 0 Å². The molecule has 7 heteroatoms. The second-order valence-electron chi connectivity index (χ2n) is 6.54. The molecule has 0 spiro atoms. The summed E-state index contributed by atoms with van der Waals surface area (Å²) in [6.45, 7) is 4.66. The van der Waals surface area contributed by atoms with Crippen LogP contribution >= 0.6 is 0 Å². The van der Waals surface area contributed by atoms with Gasteiger partial charge >= 0.3 is 6.03 Å². The molecule has 1 aliphatic heterocycles. The Labute approximate surface area is 142 Å². The molecule has 0 saturated carbocycles. The number of benzene rings is 1. The minimum atomic E-state index is -0.407. The van der Waals surface area contributed by atoms with E-state index in [0.29, 0.717) is 30.1 Å². The number of hydrogen-bond acceptors (Lipinski definition) is 4. The maximum Gasteiger partial charge on any atom is 0.321 e. The van der Waals surface area contributed by atoms with Gasteiger partial charge in [0.2, 0.25) is 0 Å². The van der Waals surface area contributed by atoms with E-state index < -0.39 is 4.92 Å². The zero-order valence-corrected chi connectivity index (χ0v) is 14.6. The Morgan fingerprint density at radius 1 is 1.50 bits per heavy atom. The first-order valence-electron chi connectivity index (χ1n) is 8.38. The molecular weight excluding hydrogens is 308 g/mol. The normalized spacial score (nSPS) is 18.2. The number of rotatable bonds is 5. The van der Waals surface area contributed by atoms with Crippen molar-refractivity contribution in [2.75, 3.05) is 39.0 Å². The van der Waals surface area contributed by atoms with Gasteiger partial charge < -0.3 is 15.1 Å². The van der Waals surface area contributed by atoms with Crippen molar-refractivity contribution in [3.8, 4) is 0 Å². The van der Waals surface area contributed by atoms with Gasteiger partial charge in [0.15, 0.2) is 0 Å². The summed E-state index contributed by atoms with van der Waals surface area (Å²) in [7, 11) is 3.86. The van der Waals surface area contributed by atoms with Crippen LogP contribution in [-0.2, 0) is 6.42 Å². The maximum atomic E-state index is 12.3. The van der Waals surface area contributed by atoms with Crippen LogP contribution in [0.25, 0.3) is 0 Å². The molecule has 1 atom stereocenters. The molecule has 2 amide bonds. The van der Waals surface area contributed by atoms with Crippen LogP contribution in [0.2, 0.25) is 0 Å². The van der Waals surface area contributed by atoms with Gasteiger partial charge in [0.05, 0.1) is 4.92 Å².